The van der Waals surface area contributed by atoms with Gasteiger partial charge in [-0.25, -0.2) is 14.4 Å². The second-order valence-electron chi connectivity index (χ2n) is 6.41. The van der Waals surface area contributed by atoms with Gasteiger partial charge in [0, 0.05) is 7.05 Å². The van der Waals surface area contributed by atoms with E-state index in [4.69, 9.17) is 15.0 Å². The molecule has 1 amide bonds. The van der Waals surface area contributed by atoms with E-state index in [-0.39, 0.29) is 18.9 Å². The van der Waals surface area contributed by atoms with Crippen molar-refractivity contribution in [3.05, 3.63) is 0 Å². The number of carbonyl (C=O) groups excluding carboxylic acids is 2. The first-order valence-corrected chi connectivity index (χ1v) is 8.25. The van der Waals surface area contributed by atoms with Crippen LogP contribution in [-0.2, 0) is 19.2 Å². The zero-order chi connectivity index (χ0) is 19.7. The van der Waals surface area contributed by atoms with Gasteiger partial charge in [-0.05, 0) is 12.3 Å². The molecule has 25 heavy (non-hydrogen) atoms. The lowest BCUT2D eigenvalue weighted by Gasteiger charge is -2.31. The van der Waals surface area contributed by atoms with Gasteiger partial charge < -0.3 is 19.6 Å². The van der Waals surface area contributed by atoms with Crippen LogP contribution in [0.25, 0.3) is 0 Å². The Morgan fingerprint density at radius 1 is 1.16 bits per heavy atom. The van der Waals surface area contributed by atoms with Gasteiger partial charge in [-0.3, -0.25) is 5.41 Å². The standard InChI is InChI=1S/C16H29N3O6/c1-7-8-12(13(20)21)18(6)15(17)19(25-14(22)11(4)5)16(23)24-9-10(2)3/h10-12,17H,7-9H2,1-6H3,(H,20,21). The number of nitrogens with zero attached hydrogens (tertiary/aromatic N) is 2. The molecule has 0 bridgehead atoms. The quantitative estimate of drug-likeness (QED) is 0.406. The Kier molecular flexibility index (Phi) is 9.55. The Labute approximate surface area is 148 Å². The van der Waals surface area contributed by atoms with E-state index in [1.807, 2.05) is 13.8 Å². The van der Waals surface area contributed by atoms with Gasteiger partial charge in [0.05, 0.1) is 12.5 Å². The summed E-state index contributed by atoms with van der Waals surface area (Å²) in [5, 5.41) is 17.8. The molecule has 0 spiro atoms. The van der Waals surface area contributed by atoms with E-state index in [2.05, 4.69) is 0 Å². The summed E-state index contributed by atoms with van der Waals surface area (Å²) in [4.78, 5) is 41.5. The number of carbonyl (C=O) groups is 3. The van der Waals surface area contributed by atoms with Crippen molar-refractivity contribution >= 4 is 24.0 Å². The molecule has 0 saturated carbocycles. The van der Waals surface area contributed by atoms with E-state index in [9.17, 15) is 19.5 Å². The Bertz CT molecular complexity index is 492. The molecule has 2 N–H and O–H groups in total. The molecule has 0 aliphatic rings. The van der Waals surface area contributed by atoms with E-state index >= 15 is 0 Å². The number of carboxylic acid groups (broad SMARTS) is 1. The number of hydrogen-bond donors (Lipinski definition) is 2. The predicted molar refractivity (Wildman–Crippen MR) is 90.8 cm³/mol. The van der Waals surface area contributed by atoms with Crippen molar-refractivity contribution in [3.8, 4) is 0 Å². The molecule has 1 unspecified atom stereocenters. The average molecular weight is 359 g/mol. The van der Waals surface area contributed by atoms with E-state index in [0.717, 1.165) is 4.90 Å². The number of hydrogen-bond acceptors (Lipinski definition) is 6. The molecule has 0 heterocycles. The molecule has 0 aliphatic heterocycles. The summed E-state index contributed by atoms with van der Waals surface area (Å²) < 4.78 is 5.01. The molecule has 0 radical (unpaired) electrons. The summed E-state index contributed by atoms with van der Waals surface area (Å²) in [7, 11) is 1.35. The Balaban J connectivity index is 5.40. The number of nitrogens with one attached hydrogen (secondary N) is 1. The topological polar surface area (TPSA) is 120 Å². The van der Waals surface area contributed by atoms with Crippen LogP contribution in [0, 0.1) is 17.2 Å². The van der Waals surface area contributed by atoms with E-state index in [1.165, 1.54) is 7.05 Å². The molecule has 144 valence electrons. The van der Waals surface area contributed by atoms with Crippen molar-refractivity contribution in [2.24, 2.45) is 11.8 Å². The molecule has 0 aromatic rings. The maximum absolute atomic E-state index is 12.2. The number of hydroxylamine groups is 2. The molecule has 9 nitrogen and oxygen atoms in total. The van der Waals surface area contributed by atoms with Crippen LogP contribution in [0.1, 0.15) is 47.5 Å². The number of likely N-dealkylation sites (N-methyl/N-ethyl adjacent to an activating group) is 1. The van der Waals surface area contributed by atoms with E-state index < -0.39 is 36.0 Å². The van der Waals surface area contributed by atoms with Gasteiger partial charge in [-0.1, -0.05) is 46.1 Å². The Hall–Kier alpha value is -2.32. The molecule has 0 saturated heterocycles. The SMILES string of the molecule is CCCC(C(=O)O)N(C)C(=N)N(OC(=O)C(C)C)C(=O)OCC(C)C. The first-order chi connectivity index (χ1) is 11.5. The number of aliphatic carboxylic acids is 1. The highest BCUT2D eigenvalue weighted by Gasteiger charge is 2.33. The van der Waals surface area contributed by atoms with Crippen molar-refractivity contribution in [1.29, 1.82) is 5.41 Å². The lowest BCUT2D eigenvalue weighted by Crippen LogP contribution is -2.52. The minimum absolute atomic E-state index is 0.0466. The summed E-state index contributed by atoms with van der Waals surface area (Å²) in [5.41, 5.74) is 0. The zero-order valence-electron chi connectivity index (χ0n) is 15.7. The number of guanidine groups is 1. The number of ether oxygens (including phenoxy) is 1. The predicted octanol–water partition coefficient (Wildman–Crippen LogP) is 2.32. The number of amides is 1. The molecule has 1 atom stereocenters. The lowest BCUT2D eigenvalue weighted by atomic mass is 10.1. The number of carboxylic acids is 1. The fraction of sp³-hybridized carbons (Fsp3) is 0.750. The highest BCUT2D eigenvalue weighted by Crippen LogP contribution is 2.12. The van der Waals surface area contributed by atoms with E-state index in [1.54, 1.807) is 20.8 Å². The van der Waals surface area contributed by atoms with Crippen LogP contribution in [0.3, 0.4) is 0 Å². The Morgan fingerprint density at radius 3 is 2.12 bits per heavy atom. The molecule has 0 fully saturated rings. The average Bonchev–Trinajstić information content (AvgIpc) is 2.53. The zero-order valence-corrected chi connectivity index (χ0v) is 15.7. The first-order valence-electron chi connectivity index (χ1n) is 8.25. The smallest absolute Gasteiger partial charge is 0.451 e. The molecule has 0 aromatic carbocycles. The maximum Gasteiger partial charge on any atom is 0.451 e. The van der Waals surface area contributed by atoms with Gasteiger partial charge in [-0.2, -0.15) is 0 Å². The highest BCUT2D eigenvalue weighted by molar-refractivity contribution is 5.94. The van der Waals surface area contributed by atoms with Crippen LogP contribution < -0.4 is 0 Å². The van der Waals surface area contributed by atoms with Crippen molar-refractivity contribution in [2.75, 3.05) is 13.7 Å². The van der Waals surface area contributed by atoms with Crippen LogP contribution in [0.2, 0.25) is 0 Å². The molecular formula is C16H29N3O6. The monoisotopic (exact) mass is 359 g/mol. The third kappa shape index (κ3) is 7.40. The highest BCUT2D eigenvalue weighted by atomic mass is 16.8. The minimum atomic E-state index is -1.14. The minimum Gasteiger partial charge on any atom is -0.480 e. The lowest BCUT2D eigenvalue weighted by molar-refractivity contribution is -0.174. The Morgan fingerprint density at radius 2 is 1.72 bits per heavy atom. The van der Waals surface area contributed by atoms with Gasteiger partial charge in [-0.15, -0.1) is 0 Å². The van der Waals surface area contributed by atoms with Crippen LogP contribution >= 0.6 is 0 Å². The van der Waals surface area contributed by atoms with Crippen LogP contribution in [-0.4, -0.2) is 58.8 Å². The third-order valence-corrected chi connectivity index (χ3v) is 3.20. The largest absolute Gasteiger partial charge is 0.480 e. The molecule has 9 heteroatoms. The van der Waals surface area contributed by atoms with Crippen molar-refractivity contribution in [3.63, 3.8) is 0 Å². The molecule has 0 rings (SSSR count). The van der Waals surface area contributed by atoms with Crippen molar-refractivity contribution < 1.29 is 29.1 Å². The van der Waals surface area contributed by atoms with Gasteiger partial charge in [0.1, 0.15) is 6.04 Å². The summed E-state index contributed by atoms with van der Waals surface area (Å²) in [5.74, 6) is -2.94. The number of rotatable bonds is 7. The van der Waals surface area contributed by atoms with Crippen LogP contribution in [0.15, 0.2) is 0 Å². The fourth-order valence-electron chi connectivity index (χ4n) is 1.71. The van der Waals surface area contributed by atoms with Gasteiger partial charge in [0.2, 0.25) is 5.96 Å². The molecule has 0 aliphatic carbocycles. The molecular weight excluding hydrogens is 330 g/mol. The van der Waals surface area contributed by atoms with Gasteiger partial charge >= 0.3 is 18.0 Å². The van der Waals surface area contributed by atoms with Gasteiger partial charge in [0.25, 0.3) is 0 Å². The molecule has 0 aromatic heterocycles. The fourth-order valence-corrected chi connectivity index (χ4v) is 1.71. The van der Waals surface area contributed by atoms with Crippen molar-refractivity contribution in [1.82, 2.24) is 9.96 Å². The summed E-state index contributed by atoms with van der Waals surface area (Å²) in [6.45, 7) is 8.69. The normalized spacial score (nSPS) is 11.8. The first kappa shape index (κ1) is 22.7. The van der Waals surface area contributed by atoms with Crippen molar-refractivity contribution in [2.45, 2.75) is 53.5 Å². The second kappa shape index (κ2) is 10.5. The maximum atomic E-state index is 12.2. The van der Waals surface area contributed by atoms with Crippen LogP contribution in [0.5, 0.6) is 0 Å². The van der Waals surface area contributed by atoms with E-state index in [0.29, 0.717) is 11.5 Å². The summed E-state index contributed by atoms with van der Waals surface area (Å²) in [6.07, 6.45) is -0.209. The summed E-state index contributed by atoms with van der Waals surface area (Å²) in [6, 6.07) is -1.03. The summed E-state index contributed by atoms with van der Waals surface area (Å²) >= 11 is 0. The van der Waals surface area contributed by atoms with Crippen LogP contribution in [0.4, 0.5) is 4.79 Å². The van der Waals surface area contributed by atoms with Gasteiger partial charge in [0.15, 0.2) is 0 Å². The third-order valence-electron chi connectivity index (χ3n) is 3.20. The second-order valence-corrected chi connectivity index (χ2v) is 6.41.